The molecule has 0 aliphatic carbocycles. The highest BCUT2D eigenvalue weighted by Crippen LogP contribution is 2.49. The van der Waals surface area contributed by atoms with Crippen molar-refractivity contribution in [3.8, 4) is 39.8 Å². The number of hydrogen-bond donors (Lipinski definition) is 1. The Bertz CT molecular complexity index is 2010. The first kappa shape index (κ1) is 30.3. The van der Waals surface area contributed by atoms with Gasteiger partial charge in [0.05, 0.1) is 24.7 Å². The van der Waals surface area contributed by atoms with Gasteiger partial charge in [-0.05, 0) is 80.8 Å². The molecule has 11 nitrogen and oxygen atoms in total. The maximum atomic E-state index is 13.8. The van der Waals surface area contributed by atoms with Gasteiger partial charge < -0.3 is 24.1 Å². The molecule has 234 valence electrons. The maximum absolute atomic E-state index is 13.8. The van der Waals surface area contributed by atoms with Gasteiger partial charge in [0.2, 0.25) is 11.8 Å². The Hall–Kier alpha value is -5.71. The van der Waals surface area contributed by atoms with Crippen LogP contribution in [-0.2, 0) is 23.1 Å². The van der Waals surface area contributed by atoms with Crippen molar-refractivity contribution in [1.82, 2.24) is 19.5 Å². The van der Waals surface area contributed by atoms with Crippen LogP contribution >= 0.6 is 0 Å². The second-order valence-corrected chi connectivity index (χ2v) is 11.9. The van der Waals surface area contributed by atoms with Crippen molar-refractivity contribution in [2.75, 3.05) is 17.3 Å². The van der Waals surface area contributed by atoms with Crippen molar-refractivity contribution in [2.45, 2.75) is 39.8 Å². The summed E-state index contributed by atoms with van der Waals surface area (Å²) in [7, 11) is 3.50. The van der Waals surface area contributed by atoms with Gasteiger partial charge in [0, 0.05) is 30.1 Å². The molecule has 6 rings (SSSR count). The summed E-state index contributed by atoms with van der Waals surface area (Å²) in [5.74, 6) is 1.46. The first-order chi connectivity index (χ1) is 22.0. The number of fused-ring (bicyclic) bond motifs is 2. The van der Waals surface area contributed by atoms with Crippen LogP contribution in [0.3, 0.4) is 0 Å². The van der Waals surface area contributed by atoms with E-state index >= 15 is 0 Å². The maximum Gasteiger partial charge on any atom is 0.416 e. The van der Waals surface area contributed by atoms with E-state index in [0.29, 0.717) is 39.9 Å². The molecule has 3 aromatic heterocycles. The number of amides is 2. The Morgan fingerprint density at radius 3 is 2.48 bits per heavy atom. The number of carbonyl (C=O) groups is 2. The summed E-state index contributed by atoms with van der Waals surface area (Å²) >= 11 is 0. The highest BCUT2D eigenvalue weighted by molar-refractivity contribution is 6.12. The average Bonchev–Trinajstić information content (AvgIpc) is 3.23. The molecule has 0 atom stereocenters. The number of aryl methyl sites for hydroxylation is 2. The number of hydrogen-bond acceptors (Lipinski definition) is 8. The number of pyridine rings is 1. The molecule has 1 N–H and O–H groups in total. The Morgan fingerprint density at radius 1 is 1.04 bits per heavy atom. The molecule has 0 bridgehead atoms. The minimum absolute atomic E-state index is 0.141. The fourth-order valence-electron chi connectivity index (χ4n) is 5.55. The second-order valence-electron chi connectivity index (χ2n) is 11.9. The van der Waals surface area contributed by atoms with Crippen molar-refractivity contribution in [2.24, 2.45) is 7.05 Å². The predicted molar refractivity (Wildman–Crippen MR) is 176 cm³/mol. The molecule has 0 spiro atoms. The molecule has 0 saturated carbocycles. The van der Waals surface area contributed by atoms with Crippen LogP contribution in [-0.4, -0.2) is 44.2 Å². The van der Waals surface area contributed by atoms with E-state index in [1.807, 2.05) is 87.8 Å². The van der Waals surface area contributed by atoms with Gasteiger partial charge >= 0.3 is 6.09 Å². The van der Waals surface area contributed by atoms with E-state index in [9.17, 15) is 9.59 Å². The van der Waals surface area contributed by atoms with Crippen molar-refractivity contribution in [3.05, 3.63) is 84.8 Å². The molecular weight excluding hydrogens is 584 g/mol. The zero-order valence-electron chi connectivity index (χ0n) is 26.5. The summed E-state index contributed by atoms with van der Waals surface area (Å²) in [4.78, 5) is 41.0. The van der Waals surface area contributed by atoms with E-state index in [-0.39, 0.29) is 12.5 Å². The lowest BCUT2D eigenvalue weighted by molar-refractivity contribution is -0.111. The van der Waals surface area contributed by atoms with Crippen molar-refractivity contribution in [1.29, 1.82) is 0 Å². The number of anilines is 2. The van der Waals surface area contributed by atoms with Crippen LogP contribution in [0.4, 0.5) is 16.3 Å². The molecule has 1 aliphatic rings. The molecule has 0 unspecified atom stereocenters. The van der Waals surface area contributed by atoms with Crippen molar-refractivity contribution in [3.63, 3.8) is 0 Å². The molecule has 4 heterocycles. The Balaban J connectivity index is 1.60. The topological polar surface area (TPSA) is 121 Å². The number of methoxy groups -OCH3 is 1. The van der Waals surface area contributed by atoms with Crippen LogP contribution in [0, 0.1) is 6.92 Å². The molecule has 0 fully saturated rings. The lowest BCUT2D eigenvalue weighted by Crippen LogP contribution is -2.37. The molecule has 0 saturated heterocycles. The first-order valence-electron chi connectivity index (χ1n) is 14.7. The number of ether oxygens (including phenoxy) is 3. The Kier molecular flexibility index (Phi) is 7.69. The van der Waals surface area contributed by atoms with Crippen LogP contribution in [0.25, 0.3) is 33.4 Å². The van der Waals surface area contributed by atoms with Gasteiger partial charge in [-0.3, -0.25) is 9.69 Å². The predicted octanol–water partition coefficient (Wildman–Crippen LogP) is 7.19. The van der Waals surface area contributed by atoms with E-state index in [1.54, 1.807) is 13.2 Å². The molecule has 11 heteroatoms. The number of nitrogens with one attached hydrogen (secondary N) is 1. The molecule has 1 aliphatic heterocycles. The first-order valence-corrected chi connectivity index (χ1v) is 14.7. The van der Waals surface area contributed by atoms with E-state index in [4.69, 9.17) is 14.2 Å². The van der Waals surface area contributed by atoms with Crippen molar-refractivity contribution >= 4 is 34.5 Å². The summed E-state index contributed by atoms with van der Waals surface area (Å²) in [6.45, 7) is 11.0. The standard InChI is InChI=1S/C35H34N6O5/c1-8-27(42)39-23-14-12-21(13-15-23)31-29-24-17-25(44-7)26(45-28-11-9-10-20(2)38-28)16-22(24)18-41(34(43)46-35(3,4)5)33-30(29)32(40(31)6)36-19-37-33/h8-17,19H,1,18H2,2-7H3,(H,39,42). The molecule has 5 aromatic rings. The van der Waals surface area contributed by atoms with Gasteiger partial charge in [0.1, 0.15) is 17.6 Å². The number of benzene rings is 2. The van der Waals surface area contributed by atoms with E-state index < -0.39 is 11.7 Å². The van der Waals surface area contributed by atoms with Crippen LogP contribution in [0.1, 0.15) is 32.0 Å². The number of aromatic nitrogens is 4. The van der Waals surface area contributed by atoms with Gasteiger partial charge in [-0.25, -0.2) is 19.7 Å². The smallest absolute Gasteiger partial charge is 0.416 e. The van der Waals surface area contributed by atoms with Gasteiger partial charge in [0.15, 0.2) is 17.3 Å². The molecule has 0 radical (unpaired) electrons. The van der Waals surface area contributed by atoms with E-state index in [1.165, 1.54) is 17.3 Å². The van der Waals surface area contributed by atoms with Crippen LogP contribution in [0.15, 0.2) is 73.6 Å². The molecular formula is C35H34N6O5. The van der Waals surface area contributed by atoms with Gasteiger partial charge in [-0.1, -0.05) is 24.8 Å². The Morgan fingerprint density at radius 2 is 1.80 bits per heavy atom. The Labute approximate surface area is 266 Å². The zero-order valence-corrected chi connectivity index (χ0v) is 26.5. The van der Waals surface area contributed by atoms with Gasteiger partial charge in [0.25, 0.3) is 0 Å². The highest BCUT2D eigenvalue weighted by atomic mass is 16.6. The summed E-state index contributed by atoms with van der Waals surface area (Å²) in [5, 5.41) is 3.47. The minimum Gasteiger partial charge on any atom is -0.493 e. The fourth-order valence-corrected chi connectivity index (χ4v) is 5.55. The van der Waals surface area contributed by atoms with Crippen LogP contribution in [0.2, 0.25) is 0 Å². The largest absolute Gasteiger partial charge is 0.493 e. The third-order valence-corrected chi connectivity index (χ3v) is 7.49. The summed E-state index contributed by atoms with van der Waals surface area (Å²) in [6.07, 6.45) is 2.13. The molecule has 46 heavy (non-hydrogen) atoms. The monoisotopic (exact) mass is 618 g/mol. The average molecular weight is 619 g/mol. The summed E-state index contributed by atoms with van der Waals surface area (Å²) in [5.41, 5.74) is 5.42. The number of rotatable bonds is 6. The SMILES string of the molecule is C=CC(=O)Nc1ccc(-c2c3c4c(ncnc4n2C)N(C(=O)OC(C)(C)C)Cc2cc(Oc4cccc(C)n4)c(OC)cc2-3)cc1. The van der Waals surface area contributed by atoms with Crippen molar-refractivity contribution < 1.29 is 23.8 Å². The number of nitrogens with zero attached hydrogens (tertiary/aromatic N) is 5. The lowest BCUT2D eigenvalue weighted by Gasteiger charge is -2.27. The zero-order chi connectivity index (χ0) is 32.7. The lowest BCUT2D eigenvalue weighted by atomic mass is 9.95. The summed E-state index contributed by atoms with van der Waals surface area (Å²) < 4.78 is 19.9. The highest BCUT2D eigenvalue weighted by Gasteiger charge is 2.35. The quantitative estimate of drug-likeness (QED) is 0.199. The fraction of sp³-hybridized carbons (Fsp3) is 0.229. The molecule has 2 amide bonds. The van der Waals surface area contributed by atoms with Gasteiger partial charge in [-0.15, -0.1) is 0 Å². The minimum atomic E-state index is -0.739. The van der Waals surface area contributed by atoms with Crippen LogP contribution < -0.4 is 19.7 Å². The van der Waals surface area contributed by atoms with Crippen LogP contribution in [0.5, 0.6) is 17.4 Å². The second kappa shape index (κ2) is 11.7. The van der Waals surface area contributed by atoms with E-state index in [0.717, 1.165) is 33.6 Å². The molecule has 2 aromatic carbocycles. The van der Waals surface area contributed by atoms with E-state index in [2.05, 4.69) is 26.8 Å². The normalized spacial score (nSPS) is 12.3. The third kappa shape index (κ3) is 5.63. The third-order valence-electron chi connectivity index (χ3n) is 7.49. The summed E-state index contributed by atoms with van der Waals surface area (Å²) in [6, 6.07) is 16.8. The van der Waals surface area contributed by atoms with Gasteiger partial charge in [-0.2, -0.15) is 0 Å². The number of carbonyl (C=O) groups excluding carboxylic acids is 2.